The summed E-state index contributed by atoms with van der Waals surface area (Å²) in [7, 11) is 0. The van der Waals surface area contributed by atoms with Gasteiger partial charge in [0.05, 0.1) is 0 Å². The largest absolute Gasteiger partial charge is 0.454 e. The number of ether oxygens (including phenoxy) is 2. The molecule has 1 aromatic carbocycles. The topological polar surface area (TPSA) is 101 Å². The Morgan fingerprint density at radius 2 is 1.79 bits per heavy atom. The molecule has 5 rings (SSSR count). The van der Waals surface area contributed by atoms with Gasteiger partial charge in [-0.3, -0.25) is 14.4 Å². The second kappa shape index (κ2) is 6.95. The van der Waals surface area contributed by atoms with Crippen molar-refractivity contribution in [2.75, 3.05) is 19.9 Å². The van der Waals surface area contributed by atoms with Crippen molar-refractivity contribution in [1.82, 2.24) is 15.2 Å². The molecule has 29 heavy (non-hydrogen) atoms. The molecule has 0 spiro atoms. The van der Waals surface area contributed by atoms with Crippen molar-refractivity contribution in [3.63, 3.8) is 0 Å². The average Bonchev–Trinajstić information content (AvgIpc) is 3.27. The van der Waals surface area contributed by atoms with Crippen LogP contribution in [0.4, 0.5) is 0 Å². The lowest BCUT2D eigenvalue weighted by molar-refractivity contribution is 0.0597. The number of aromatic nitrogens is 1. The molecule has 1 aliphatic carbocycles. The highest BCUT2D eigenvalue weighted by molar-refractivity contribution is 5.95. The number of H-pyrrole nitrogens is 1. The molecule has 150 valence electrons. The third-order valence-electron chi connectivity index (χ3n) is 6.05. The number of pyridine rings is 1. The zero-order valence-corrected chi connectivity index (χ0v) is 15.7. The van der Waals surface area contributed by atoms with Crippen LogP contribution in [0.25, 0.3) is 0 Å². The van der Waals surface area contributed by atoms with Crippen LogP contribution < -0.4 is 20.3 Å². The van der Waals surface area contributed by atoms with Crippen LogP contribution >= 0.6 is 0 Å². The Bertz CT molecular complexity index is 1020. The normalized spacial score (nSPS) is 24.4. The van der Waals surface area contributed by atoms with Crippen molar-refractivity contribution in [2.24, 2.45) is 11.8 Å². The molecule has 3 heterocycles. The summed E-state index contributed by atoms with van der Waals surface area (Å²) in [4.78, 5) is 41.4. The van der Waals surface area contributed by atoms with Gasteiger partial charge in [0, 0.05) is 30.8 Å². The Morgan fingerprint density at radius 3 is 2.55 bits per heavy atom. The van der Waals surface area contributed by atoms with Crippen LogP contribution in [0.15, 0.2) is 41.2 Å². The Balaban J connectivity index is 1.28. The van der Waals surface area contributed by atoms with Crippen LogP contribution in [-0.2, 0) is 0 Å². The van der Waals surface area contributed by atoms with Gasteiger partial charge in [0.1, 0.15) is 5.69 Å². The summed E-state index contributed by atoms with van der Waals surface area (Å²) >= 11 is 0. The molecule has 2 aliphatic heterocycles. The smallest absolute Gasteiger partial charge is 0.268 e. The monoisotopic (exact) mass is 395 g/mol. The first-order valence-electron chi connectivity index (χ1n) is 9.77. The number of hydrogen-bond acceptors (Lipinski definition) is 5. The molecule has 2 amide bonds. The number of piperidine rings is 1. The van der Waals surface area contributed by atoms with E-state index in [1.54, 1.807) is 30.3 Å². The van der Waals surface area contributed by atoms with Crippen LogP contribution in [0.1, 0.15) is 33.7 Å². The first-order valence-corrected chi connectivity index (χ1v) is 9.77. The van der Waals surface area contributed by atoms with E-state index in [2.05, 4.69) is 10.3 Å². The second-order valence-corrected chi connectivity index (χ2v) is 7.80. The number of rotatable bonds is 3. The van der Waals surface area contributed by atoms with E-state index in [-0.39, 0.29) is 47.7 Å². The summed E-state index contributed by atoms with van der Waals surface area (Å²) in [6.45, 7) is 1.37. The molecule has 1 aromatic heterocycles. The van der Waals surface area contributed by atoms with Gasteiger partial charge >= 0.3 is 0 Å². The molecule has 3 aliphatic rings. The fourth-order valence-corrected chi connectivity index (χ4v) is 4.65. The third kappa shape index (κ3) is 3.24. The summed E-state index contributed by atoms with van der Waals surface area (Å²) in [6, 6.07) is 9.79. The van der Waals surface area contributed by atoms with E-state index in [1.165, 1.54) is 6.07 Å². The van der Waals surface area contributed by atoms with E-state index in [0.717, 1.165) is 12.8 Å². The van der Waals surface area contributed by atoms with E-state index in [9.17, 15) is 14.4 Å². The van der Waals surface area contributed by atoms with Crippen LogP contribution in [0.3, 0.4) is 0 Å². The van der Waals surface area contributed by atoms with Gasteiger partial charge in [-0.2, -0.15) is 0 Å². The van der Waals surface area contributed by atoms with E-state index in [0.29, 0.717) is 30.2 Å². The molecule has 2 aromatic rings. The molecule has 2 N–H and O–H groups in total. The number of nitrogens with one attached hydrogen (secondary N) is 2. The Labute approximate surface area is 166 Å². The fraction of sp³-hybridized carbons (Fsp3) is 0.381. The zero-order chi connectivity index (χ0) is 20.0. The lowest BCUT2D eigenvalue weighted by Gasteiger charge is -2.38. The first kappa shape index (κ1) is 17.8. The van der Waals surface area contributed by atoms with Gasteiger partial charge in [0.25, 0.3) is 11.8 Å². The number of nitrogens with zero attached hydrogens (tertiary/aromatic N) is 1. The maximum Gasteiger partial charge on any atom is 0.268 e. The maximum absolute atomic E-state index is 13.0. The maximum atomic E-state index is 13.0. The van der Waals surface area contributed by atoms with Crippen molar-refractivity contribution in [3.05, 3.63) is 58.0 Å². The summed E-state index contributed by atoms with van der Waals surface area (Å²) in [5.74, 6) is 1.34. The Morgan fingerprint density at radius 1 is 1.03 bits per heavy atom. The lowest BCUT2D eigenvalue weighted by atomic mass is 9.91. The van der Waals surface area contributed by atoms with Crippen LogP contribution in [0.2, 0.25) is 0 Å². The molecular weight excluding hydrogens is 374 g/mol. The van der Waals surface area contributed by atoms with Crippen LogP contribution in [0.5, 0.6) is 11.5 Å². The molecule has 1 saturated heterocycles. The second-order valence-electron chi connectivity index (χ2n) is 7.80. The number of fused-ring (bicyclic) bond motifs is 3. The standard InChI is InChI=1S/C21H21N3O5/c25-18-3-1-2-15(22-18)20(26)23-19-13-4-5-14(19)10-24(9-13)21(27)12-6-7-16-17(8-12)29-11-28-16/h1-3,6-8,13-14,19H,4-5,9-11H2,(H,22,25)(H,23,26)/t13-,14+,19?. The zero-order valence-electron chi connectivity index (χ0n) is 15.7. The summed E-state index contributed by atoms with van der Waals surface area (Å²) < 4.78 is 10.7. The summed E-state index contributed by atoms with van der Waals surface area (Å²) in [6.07, 6.45) is 1.93. The molecular formula is C21H21N3O5. The summed E-state index contributed by atoms with van der Waals surface area (Å²) in [5.41, 5.74) is 0.540. The molecule has 3 atom stereocenters. The number of likely N-dealkylation sites (tertiary alicyclic amines) is 1. The van der Waals surface area contributed by atoms with E-state index in [4.69, 9.17) is 9.47 Å². The molecule has 0 radical (unpaired) electrons. The van der Waals surface area contributed by atoms with Gasteiger partial charge < -0.3 is 24.7 Å². The van der Waals surface area contributed by atoms with E-state index in [1.807, 2.05) is 4.90 Å². The minimum absolute atomic E-state index is 0.00649. The van der Waals surface area contributed by atoms with Crippen molar-refractivity contribution >= 4 is 11.8 Å². The number of aromatic amines is 1. The van der Waals surface area contributed by atoms with Crippen LogP contribution in [0, 0.1) is 11.8 Å². The Kier molecular flexibility index (Phi) is 4.26. The SMILES string of the molecule is O=C(NC1[C@@H]2CC[C@H]1CN(C(=O)c1ccc3c(c1)OCO3)C2)c1cccc(=O)[nH]1. The number of benzene rings is 1. The van der Waals surface area contributed by atoms with Gasteiger partial charge in [0.2, 0.25) is 12.4 Å². The van der Waals surface area contributed by atoms with Crippen molar-refractivity contribution in [1.29, 1.82) is 0 Å². The highest BCUT2D eigenvalue weighted by atomic mass is 16.7. The average molecular weight is 395 g/mol. The number of carbonyl (C=O) groups is 2. The Hall–Kier alpha value is -3.29. The van der Waals surface area contributed by atoms with Gasteiger partial charge in [-0.05, 0) is 48.9 Å². The predicted octanol–water partition coefficient (Wildman–Crippen LogP) is 1.38. The minimum Gasteiger partial charge on any atom is -0.454 e. The van der Waals surface area contributed by atoms with Gasteiger partial charge in [-0.15, -0.1) is 0 Å². The minimum atomic E-state index is -0.301. The highest BCUT2D eigenvalue weighted by Crippen LogP contribution is 2.38. The molecule has 1 unspecified atom stereocenters. The highest BCUT2D eigenvalue weighted by Gasteiger charge is 2.44. The lowest BCUT2D eigenvalue weighted by Crippen LogP contribution is -2.54. The van der Waals surface area contributed by atoms with Crippen molar-refractivity contribution in [3.8, 4) is 11.5 Å². The van der Waals surface area contributed by atoms with E-state index >= 15 is 0 Å². The van der Waals surface area contributed by atoms with Crippen molar-refractivity contribution < 1.29 is 19.1 Å². The molecule has 8 heteroatoms. The van der Waals surface area contributed by atoms with Crippen LogP contribution in [-0.4, -0.2) is 47.6 Å². The quantitative estimate of drug-likeness (QED) is 0.818. The molecule has 2 bridgehead atoms. The fourth-order valence-electron chi connectivity index (χ4n) is 4.65. The van der Waals surface area contributed by atoms with E-state index < -0.39 is 0 Å². The first-order chi connectivity index (χ1) is 14.1. The van der Waals surface area contributed by atoms with Gasteiger partial charge in [0.15, 0.2) is 11.5 Å². The van der Waals surface area contributed by atoms with Crippen molar-refractivity contribution in [2.45, 2.75) is 18.9 Å². The molecule has 8 nitrogen and oxygen atoms in total. The molecule has 1 saturated carbocycles. The predicted molar refractivity (Wildman–Crippen MR) is 103 cm³/mol. The summed E-state index contributed by atoms with van der Waals surface area (Å²) in [5, 5.41) is 3.07. The number of carbonyl (C=O) groups excluding carboxylic acids is 2. The molecule has 2 fully saturated rings. The number of hydrogen-bond donors (Lipinski definition) is 2. The third-order valence-corrected chi connectivity index (χ3v) is 6.05. The van der Waals surface area contributed by atoms with Gasteiger partial charge in [-0.25, -0.2) is 0 Å². The van der Waals surface area contributed by atoms with Gasteiger partial charge in [-0.1, -0.05) is 6.07 Å². The number of amides is 2.